The predicted molar refractivity (Wildman–Crippen MR) is 129 cm³/mol. The molecule has 0 aliphatic carbocycles. The van der Waals surface area contributed by atoms with Crippen LogP contribution in [-0.2, 0) is 11.2 Å². The van der Waals surface area contributed by atoms with Gasteiger partial charge in [0.15, 0.2) is 0 Å². The van der Waals surface area contributed by atoms with Gasteiger partial charge in [0, 0.05) is 27.2 Å². The number of thiazole rings is 1. The van der Waals surface area contributed by atoms with Crippen LogP contribution in [0.5, 0.6) is 5.75 Å². The van der Waals surface area contributed by atoms with Crippen LogP contribution >= 0.6 is 22.9 Å². The number of benzene rings is 2. The number of amides is 1. The lowest BCUT2D eigenvalue weighted by molar-refractivity contribution is -0.115. The number of aromatic nitrogens is 3. The summed E-state index contributed by atoms with van der Waals surface area (Å²) >= 11 is 7.49. The molecule has 0 saturated heterocycles. The number of nitrogens with zero attached hydrogens (tertiary/aromatic N) is 3. The van der Waals surface area contributed by atoms with Gasteiger partial charge >= 0.3 is 0 Å². The standard InChI is InChI=1S/C24H23ClN4O2S/c1-4-31-22-8-6-5-7-20(22)26-23(30)13-19-15(2)28-29(16(19)3)24-27-21(14-32-24)17-9-11-18(25)12-10-17/h5-12,14H,4,13H2,1-3H3,(H,26,30). The SMILES string of the molecule is CCOc1ccccc1NC(=O)Cc1c(C)nn(-c2nc(-c3ccc(Cl)cc3)cs2)c1C. The minimum Gasteiger partial charge on any atom is -0.492 e. The summed E-state index contributed by atoms with van der Waals surface area (Å²) in [6.07, 6.45) is 0.216. The zero-order valence-electron chi connectivity index (χ0n) is 18.1. The van der Waals surface area contributed by atoms with Crippen molar-refractivity contribution in [3.63, 3.8) is 0 Å². The van der Waals surface area contributed by atoms with Gasteiger partial charge in [-0.15, -0.1) is 11.3 Å². The van der Waals surface area contributed by atoms with Crippen LogP contribution in [0.25, 0.3) is 16.4 Å². The van der Waals surface area contributed by atoms with E-state index in [4.69, 9.17) is 21.3 Å². The van der Waals surface area contributed by atoms with Gasteiger partial charge in [-0.2, -0.15) is 5.10 Å². The Bertz CT molecular complexity index is 1250. The number of carbonyl (C=O) groups excluding carboxylic acids is 1. The van der Waals surface area contributed by atoms with Gasteiger partial charge in [0.05, 0.1) is 30.1 Å². The third-order valence-corrected chi connectivity index (χ3v) is 6.12. The first-order chi connectivity index (χ1) is 15.5. The Morgan fingerprint density at radius 2 is 1.91 bits per heavy atom. The second kappa shape index (κ2) is 9.54. The number of para-hydroxylation sites is 2. The van der Waals surface area contributed by atoms with Crippen molar-refractivity contribution < 1.29 is 9.53 Å². The maximum Gasteiger partial charge on any atom is 0.229 e. The van der Waals surface area contributed by atoms with Crippen molar-refractivity contribution in [2.45, 2.75) is 27.2 Å². The van der Waals surface area contributed by atoms with E-state index < -0.39 is 0 Å². The number of aryl methyl sites for hydroxylation is 1. The van der Waals surface area contributed by atoms with E-state index in [1.165, 1.54) is 11.3 Å². The van der Waals surface area contributed by atoms with Crippen LogP contribution in [0.4, 0.5) is 5.69 Å². The van der Waals surface area contributed by atoms with Crippen LogP contribution in [0.15, 0.2) is 53.9 Å². The Labute approximate surface area is 195 Å². The quantitative estimate of drug-likeness (QED) is 0.371. The Morgan fingerprint density at radius 3 is 2.66 bits per heavy atom. The summed E-state index contributed by atoms with van der Waals surface area (Å²) < 4.78 is 7.40. The van der Waals surface area contributed by atoms with E-state index in [1.807, 2.05) is 74.7 Å². The van der Waals surface area contributed by atoms with E-state index in [-0.39, 0.29) is 12.3 Å². The smallest absolute Gasteiger partial charge is 0.229 e. The summed E-state index contributed by atoms with van der Waals surface area (Å²) in [5.74, 6) is 0.536. The molecule has 164 valence electrons. The van der Waals surface area contributed by atoms with E-state index in [2.05, 4.69) is 10.4 Å². The molecule has 0 spiro atoms. The molecule has 0 atom stereocenters. The van der Waals surface area contributed by atoms with Crippen LogP contribution in [0.1, 0.15) is 23.9 Å². The highest BCUT2D eigenvalue weighted by molar-refractivity contribution is 7.12. The molecule has 0 unspecified atom stereocenters. The van der Waals surface area contributed by atoms with Crippen molar-refractivity contribution in [2.24, 2.45) is 0 Å². The van der Waals surface area contributed by atoms with Crippen molar-refractivity contribution in [2.75, 3.05) is 11.9 Å². The number of rotatable bonds is 7. The number of ether oxygens (including phenoxy) is 1. The summed E-state index contributed by atoms with van der Waals surface area (Å²) in [4.78, 5) is 17.5. The maximum atomic E-state index is 12.8. The van der Waals surface area contributed by atoms with Crippen LogP contribution in [-0.4, -0.2) is 27.3 Å². The van der Waals surface area contributed by atoms with Crippen molar-refractivity contribution in [1.82, 2.24) is 14.8 Å². The molecule has 2 aromatic carbocycles. The molecule has 32 heavy (non-hydrogen) atoms. The average Bonchev–Trinajstić information content (AvgIpc) is 3.36. The number of nitrogens with one attached hydrogen (secondary N) is 1. The molecule has 0 aliphatic heterocycles. The van der Waals surface area contributed by atoms with Gasteiger partial charge < -0.3 is 10.1 Å². The van der Waals surface area contributed by atoms with E-state index in [0.717, 1.165) is 33.3 Å². The zero-order chi connectivity index (χ0) is 22.7. The lowest BCUT2D eigenvalue weighted by Gasteiger charge is -2.11. The summed E-state index contributed by atoms with van der Waals surface area (Å²) in [6, 6.07) is 15.0. The Balaban J connectivity index is 1.54. The highest BCUT2D eigenvalue weighted by Gasteiger charge is 2.19. The second-order valence-corrected chi connectivity index (χ2v) is 8.51. The van der Waals surface area contributed by atoms with Crippen molar-refractivity contribution >= 4 is 34.5 Å². The lowest BCUT2D eigenvalue weighted by atomic mass is 10.1. The second-order valence-electron chi connectivity index (χ2n) is 7.24. The van der Waals surface area contributed by atoms with E-state index in [1.54, 1.807) is 4.68 Å². The molecule has 0 fully saturated rings. The highest BCUT2D eigenvalue weighted by Crippen LogP contribution is 2.28. The number of carbonyl (C=O) groups is 1. The molecule has 2 heterocycles. The van der Waals surface area contributed by atoms with Crippen molar-refractivity contribution in [1.29, 1.82) is 0 Å². The molecule has 2 aromatic heterocycles. The highest BCUT2D eigenvalue weighted by atomic mass is 35.5. The Hall–Kier alpha value is -3.16. The van der Waals surface area contributed by atoms with Crippen molar-refractivity contribution in [3.05, 3.63) is 75.9 Å². The third-order valence-electron chi connectivity index (χ3n) is 5.05. The fourth-order valence-corrected chi connectivity index (χ4v) is 4.40. The molecule has 1 N–H and O–H groups in total. The molecule has 0 aliphatic rings. The maximum absolute atomic E-state index is 12.8. The molecule has 0 bridgehead atoms. The van der Waals surface area contributed by atoms with Gasteiger partial charge in [-0.3, -0.25) is 4.79 Å². The minimum absolute atomic E-state index is 0.121. The zero-order valence-corrected chi connectivity index (χ0v) is 19.6. The van der Waals surface area contributed by atoms with Crippen LogP contribution in [0, 0.1) is 13.8 Å². The first-order valence-corrected chi connectivity index (χ1v) is 11.5. The molecular formula is C24H23ClN4O2S. The summed E-state index contributed by atoms with van der Waals surface area (Å²) in [7, 11) is 0. The average molecular weight is 467 g/mol. The molecular weight excluding hydrogens is 444 g/mol. The summed E-state index contributed by atoms with van der Waals surface area (Å²) in [5, 5.41) is 11.0. The molecule has 4 rings (SSSR count). The predicted octanol–water partition coefficient (Wildman–Crippen LogP) is 5.85. The van der Waals surface area contributed by atoms with Gasteiger partial charge in [-0.25, -0.2) is 9.67 Å². The molecule has 1 amide bonds. The fraction of sp³-hybridized carbons (Fsp3) is 0.208. The number of hydrogen-bond acceptors (Lipinski definition) is 5. The monoisotopic (exact) mass is 466 g/mol. The van der Waals surface area contributed by atoms with E-state index in [0.29, 0.717) is 23.1 Å². The fourth-order valence-electron chi connectivity index (χ4n) is 3.44. The topological polar surface area (TPSA) is 69.0 Å². The number of hydrogen-bond donors (Lipinski definition) is 1. The molecule has 0 radical (unpaired) electrons. The van der Waals surface area contributed by atoms with Crippen LogP contribution in [0.3, 0.4) is 0 Å². The van der Waals surface area contributed by atoms with E-state index >= 15 is 0 Å². The summed E-state index contributed by atoms with van der Waals surface area (Å²) in [6.45, 7) is 6.31. The van der Waals surface area contributed by atoms with Gasteiger partial charge in [0.2, 0.25) is 11.0 Å². The lowest BCUT2D eigenvalue weighted by Crippen LogP contribution is -2.16. The largest absolute Gasteiger partial charge is 0.492 e. The van der Waals surface area contributed by atoms with E-state index in [9.17, 15) is 4.79 Å². The normalized spacial score (nSPS) is 10.9. The third kappa shape index (κ3) is 4.69. The van der Waals surface area contributed by atoms with Gasteiger partial charge in [0.25, 0.3) is 0 Å². The van der Waals surface area contributed by atoms with Gasteiger partial charge in [-0.05, 0) is 45.0 Å². The number of anilines is 1. The van der Waals surface area contributed by atoms with Crippen LogP contribution < -0.4 is 10.1 Å². The van der Waals surface area contributed by atoms with Gasteiger partial charge in [-0.1, -0.05) is 35.9 Å². The Morgan fingerprint density at radius 1 is 1.16 bits per heavy atom. The molecule has 8 heteroatoms. The molecule has 6 nitrogen and oxygen atoms in total. The summed E-state index contributed by atoms with van der Waals surface area (Å²) in [5.41, 5.74) is 5.10. The van der Waals surface area contributed by atoms with Crippen LogP contribution in [0.2, 0.25) is 5.02 Å². The molecule has 4 aromatic rings. The van der Waals surface area contributed by atoms with Crippen molar-refractivity contribution in [3.8, 4) is 22.1 Å². The Kier molecular flexibility index (Phi) is 6.58. The molecule has 0 saturated carbocycles. The first kappa shape index (κ1) is 22.0. The minimum atomic E-state index is -0.121. The number of halogens is 1. The first-order valence-electron chi connectivity index (χ1n) is 10.2. The van der Waals surface area contributed by atoms with Gasteiger partial charge in [0.1, 0.15) is 5.75 Å².